The molecule has 1 saturated heterocycles. The van der Waals surface area contributed by atoms with Gasteiger partial charge in [0.2, 0.25) is 10.0 Å². The van der Waals surface area contributed by atoms with Crippen molar-refractivity contribution in [2.75, 3.05) is 38.3 Å². The van der Waals surface area contributed by atoms with Crippen LogP contribution in [0.5, 0.6) is 0 Å². The molecule has 7 nitrogen and oxygen atoms in total. The molecule has 1 aliphatic rings. The number of rotatable bonds is 7. The van der Waals surface area contributed by atoms with Crippen LogP contribution in [0.2, 0.25) is 0 Å². The number of hydrogen-bond donors (Lipinski definition) is 0. The minimum atomic E-state index is -4.55. The minimum absolute atomic E-state index is 0.00561. The number of alkyl halides is 3. The van der Waals surface area contributed by atoms with E-state index >= 15 is 0 Å². The van der Waals surface area contributed by atoms with Crippen molar-refractivity contribution in [1.82, 2.24) is 9.29 Å². The first kappa shape index (κ1) is 25.1. The van der Waals surface area contributed by atoms with Crippen molar-refractivity contribution in [3.8, 4) is 0 Å². The van der Waals surface area contributed by atoms with Crippen LogP contribution in [0.4, 0.5) is 19.0 Å². The lowest BCUT2D eigenvalue weighted by Gasteiger charge is -2.27. The first-order valence-corrected chi connectivity index (χ1v) is 11.9. The molecule has 2 aromatic rings. The third-order valence-electron chi connectivity index (χ3n) is 5.48. The third kappa shape index (κ3) is 5.71. The van der Waals surface area contributed by atoms with Gasteiger partial charge in [-0.1, -0.05) is 12.5 Å². The van der Waals surface area contributed by atoms with Crippen LogP contribution in [0.1, 0.15) is 40.7 Å². The van der Waals surface area contributed by atoms with E-state index in [4.69, 9.17) is 4.74 Å². The van der Waals surface area contributed by atoms with Crippen LogP contribution in [-0.2, 0) is 20.9 Å². The largest absolute Gasteiger partial charge is 0.417 e. The lowest BCUT2D eigenvalue weighted by Crippen LogP contribution is -2.37. The van der Waals surface area contributed by atoms with Gasteiger partial charge in [-0.25, -0.2) is 13.4 Å². The first-order valence-electron chi connectivity index (χ1n) is 10.5. The Morgan fingerprint density at radius 1 is 1.15 bits per heavy atom. The highest BCUT2D eigenvalue weighted by molar-refractivity contribution is 7.89. The van der Waals surface area contributed by atoms with E-state index < -0.39 is 27.7 Å². The zero-order chi connectivity index (χ0) is 24.2. The Balaban J connectivity index is 1.95. The second-order valence-electron chi connectivity index (χ2n) is 7.80. The van der Waals surface area contributed by atoms with Gasteiger partial charge in [-0.3, -0.25) is 9.69 Å². The number of halogens is 3. The Hall–Kier alpha value is -2.50. The van der Waals surface area contributed by atoms with Crippen molar-refractivity contribution in [3.63, 3.8) is 0 Å². The molecule has 3 rings (SSSR count). The third-order valence-corrected chi connectivity index (χ3v) is 7.52. The highest BCUT2D eigenvalue weighted by Crippen LogP contribution is 2.30. The van der Waals surface area contributed by atoms with E-state index in [9.17, 15) is 26.4 Å². The Morgan fingerprint density at radius 2 is 1.85 bits per heavy atom. The standard InChI is InChI=1S/C22H26F3N3O4S/c1-16-6-7-17(14-19(16)33(30,31)27-10-4-3-5-11-27)21(29)28(12-13-32-2)20-9-8-18(15-26-20)22(23,24)25/h6-9,14-15H,3-5,10-13H2,1-2H3. The SMILES string of the molecule is COCCN(C(=O)c1ccc(C)c(S(=O)(=O)N2CCCCC2)c1)c1ccc(C(F)(F)F)cn1. The summed E-state index contributed by atoms with van der Waals surface area (Å²) in [6.07, 6.45) is -1.37. The number of aromatic nitrogens is 1. The van der Waals surface area contributed by atoms with Crippen molar-refractivity contribution in [3.05, 3.63) is 53.2 Å². The Morgan fingerprint density at radius 3 is 2.42 bits per heavy atom. The number of aryl methyl sites for hydroxylation is 1. The number of benzene rings is 1. The lowest BCUT2D eigenvalue weighted by molar-refractivity contribution is -0.137. The average Bonchev–Trinajstić information content (AvgIpc) is 2.79. The molecule has 1 aromatic heterocycles. The number of ether oxygens (including phenoxy) is 1. The topological polar surface area (TPSA) is 79.8 Å². The normalized spacial score (nSPS) is 15.4. The van der Waals surface area contributed by atoms with Crippen LogP contribution < -0.4 is 4.90 Å². The average molecular weight is 486 g/mol. The molecular weight excluding hydrogens is 459 g/mol. The number of amides is 1. The summed E-state index contributed by atoms with van der Waals surface area (Å²) in [6, 6.07) is 6.33. The molecule has 0 atom stereocenters. The monoisotopic (exact) mass is 485 g/mol. The molecule has 1 aromatic carbocycles. The fourth-order valence-electron chi connectivity index (χ4n) is 3.63. The molecule has 0 bridgehead atoms. The zero-order valence-electron chi connectivity index (χ0n) is 18.4. The van der Waals surface area contributed by atoms with E-state index in [0.717, 1.165) is 31.4 Å². The maximum atomic E-state index is 13.3. The number of anilines is 1. The highest BCUT2D eigenvalue weighted by Gasteiger charge is 2.32. The summed E-state index contributed by atoms with van der Waals surface area (Å²) in [5, 5.41) is 0. The fraction of sp³-hybridized carbons (Fsp3) is 0.455. The number of pyridine rings is 1. The molecular formula is C22H26F3N3O4S. The smallest absolute Gasteiger partial charge is 0.383 e. The lowest BCUT2D eigenvalue weighted by atomic mass is 10.1. The molecule has 0 aliphatic carbocycles. The number of methoxy groups -OCH3 is 1. The van der Waals surface area contributed by atoms with Gasteiger partial charge in [0.15, 0.2) is 0 Å². The molecule has 0 spiro atoms. The van der Waals surface area contributed by atoms with E-state index in [-0.39, 0.29) is 29.4 Å². The summed E-state index contributed by atoms with van der Waals surface area (Å²) in [4.78, 5) is 18.3. The summed E-state index contributed by atoms with van der Waals surface area (Å²) < 4.78 is 71.5. The van der Waals surface area contributed by atoms with Gasteiger partial charge >= 0.3 is 6.18 Å². The predicted molar refractivity (Wildman–Crippen MR) is 117 cm³/mol. The molecule has 11 heteroatoms. The number of carbonyl (C=O) groups excluding carboxylic acids is 1. The first-order chi connectivity index (χ1) is 15.6. The van der Waals surface area contributed by atoms with Crippen molar-refractivity contribution in [1.29, 1.82) is 0 Å². The molecule has 180 valence electrons. The minimum Gasteiger partial charge on any atom is -0.383 e. The molecule has 1 amide bonds. The van der Waals surface area contributed by atoms with Crippen LogP contribution in [0, 0.1) is 6.92 Å². The van der Waals surface area contributed by atoms with E-state index in [0.29, 0.717) is 24.8 Å². The highest BCUT2D eigenvalue weighted by atomic mass is 32.2. The van der Waals surface area contributed by atoms with Gasteiger partial charge in [-0.2, -0.15) is 17.5 Å². The van der Waals surface area contributed by atoms with Gasteiger partial charge in [-0.05, 0) is 49.6 Å². The number of nitrogens with zero attached hydrogens (tertiary/aromatic N) is 3. The van der Waals surface area contributed by atoms with Crippen LogP contribution in [-0.4, -0.2) is 57.0 Å². The van der Waals surface area contributed by atoms with E-state index in [1.807, 2.05) is 0 Å². The Labute approximate surface area is 191 Å². The van der Waals surface area contributed by atoms with E-state index in [1.165, 1.54) is 28.4 Å². The molecule has 2 heterocycles. The van der Waals surface area contributed by atoms with Gasteiger partial charge in [-0.15, -0.1) is 0 Å². The molecule has 33 heavy (non-hydrogen) atoms. The summed E-state index contributed by atoms with van der Waals surface area (Å²) in [7, 11) is -2.35. The number of sulfonamides is 1. The molecule has 0 unspecified atom stereocenters. The van der Waals surface area contributed by atoms with Gasteiger partial charge in [0, 0.05) is 32.0 Å². The zero-order valence-corrected chi connectivity index (χ0v) is 19.2. The maximum Gasteiger partial charge on any atom is 0.417 e. The Kier molecular flexibility index (Phi) is 7.76. The number of carbonyl (C=O) groups is 1. The second kappa shape index (κ2) is 10.2. The van der Waals surface area contributed by atoms with Gasteiger partial charge in [0.25, 0.3) is 5.91 Å². The van der Waals surface area contributed by atoms with Gasteiger partial charge in [0.05, 0.1) is 23.6 Å². The summed E-state index contributed by atoms with van der Waals surface area (Å²) in [6.45, 7) is 2.64. The van der Waals surface area contributed by atoms with Crippen LogP contribution >= 0.6 is 0 Å². The Bertz CT molecular complexity index is 1080. The predicted octanol–water partition coefficient (Wildman–Crippen LogP) is 3.88. The van der Waals surface area contributed by atoms with Crippen LogP contribution in [0.25, 0.3) is 0 Å². The summed E-state index contributed by atoms with van der Waals surface area (Å²) in [5.41, 5.74) is -0.335. The van der Waals surface area contributed by atoms with E-state index in [2.05, 4.69) is 4.98 Å². The van der Waals surface area contributed by atoms with Gasteiger partial charge < -0.3 is 4.74 Å². The van der Waals surface area contributed by atoms with Crippen molar-refractivity contribution in [2.45, 2.75) is 37.3 Å². The summed E-state index contributed by atoms with van der Waals surface area (Å²) >= 11 is 0. The van der Waals surface area contributed by atoms with Crippen molar-refractivity contribution in [2.24, 2.45) is 0 Å². The molecule has 0 N–H and O–H groups in total. The second-order valence-corrected chi connectivity index (χ2v) is 9.70. The van der Waals surface area contributed by atoms with Crippen LogP contribution in [0.15, 0.2) is 41.4 Å². The number of piperidine rings is 1. The summed E-state index contributed by atoms with van der Waals surface area (Å²) in [5.74, 6) is -0.583. The molecule has 1 fully saturated rings. The molecule has 0 saturated carbocycles. The van der Waals surface area contributed by atoms with E-state index in [1.54, 1.807) is 13.0 Å². The van der Waals surface area contributed by atoms with Crippen LogP contribution in [0.3, 0.4) is 0 Å². The van der Waals surface area contributed by atoms with Crippen molar-refractivity contribution >= 4 is 21.7 Å². The molecule has 0 radical (unpaired) electrons. The fourth-order valence-corrected chi connectivity index (χ4v) is 5.40. The maximum absolute atomic E-state index is 13.3. The molecule has 1 aliphatic heterocycles. The quantitative estimate of drug-likeness (QED) is 0.595. The van der Waals surface area contributed by atoms with Crippen molar-refractivity contribution < 1.29 is 31.1 Å². The number of hydrogen-bond acceptors (Lipinski definition) is 5. The van der Waals surface area contributed by atoms with Gasteiger partial charge in [0.1, 0.15) is 5.82 Å².